The maximum Gasteiger partial charge on any atom is 0.262 e. The van der Waals surface area contributed by atoms with Crippen LogP contribution in [0.15, 0.2) is 11.1 Å². The number of amides is 2. The molecule has 0 radical (unpaired) electrons. The minimum atomic E-state index is -0.260. The lowest BCUT2D eigenvalue weighted by Crippen LogP contribution is -2.44. The molecule has 1 saturated heterocycles. The molecule has 152 valence electrons. The summed E-state index contributed by atoms with van der Waals surface area (Å²) in [6.45, 7) is 7.23. The molecule has 0 spiro atoms. The monoisotopic (exact) mass is 404 g/mol. The minimum Gasteiger partial charge on any atom is -0.351 e. The molecule has 8 heteroatoms. The van der Waals surface area contributed by atoms with Crippen LogP contribution in [0, 0.1) is 6.92 Å². The number of thiophene rings is 1. The van der Waals surface area contributed by atoms with E-state index in [1.165, 1.54) is 22.2 Å². The zero-order valence-electron chi connectivity index (χ0n) is 16.8. The average molecular weight is 405 g/mol. The van der Waals surface area contributed by atoms with Crippen molar-refractivity contribution in [2.24, 2.45) is 0 Å². The van der Waals surface area contributed by atoms with Crippen LogP contribution in [-0.4, -0.2) is 45.4 Å². The van der Waals surface area contributed by atoms with Crippen molar-refractivity contribution in [1.29, 1.82) is 0 Å². The van der Waals surface area contributed by atoms with E-state index in [-0.39, 0.29) is 30.0 Å². The smallest absolute Gasteiger partial charge is 0.262 e. The second kappa shape index (κ2) is 8.86. The Hall–Kier alpha value is -2.22. The van der Waals surface area contributed by atoms with E-state index >= 15 is 0 Å². The van der Waals surface area contributed by atoms with E-state index < -0.39 is 0 Å². The number of carbonyl (C=O) groups excluding carboxylic acids is 2. The van der Waals surface area contributed by atoms with Crippen LogP contribution in [0.5, 0.6) is 0 Å². The summed E-state index contributed by atoms with van der Waals surface area (Å²) in [6.07, 6.45) is 6.47. The molecule has 28 heavy (non-hydrogen) atoms. The highest BCUT2D eigenvalue weighted by atomic mass is 32.1. The summed E-state index contributed by atoms with van der Waals surface area (Å²) in [5, 5.41) is 3.33. The van der Waals surface area contributed by atoms with Crippen LogP contribution < -0.4 is 10.9 Å². The number of unbranched alkanes of at least 4 members (excludes halogenated alkanes) is 1. The van der Waals surface area contributed by atoms with Crippen molar-refractivity contribution in [1.82, 2.24) is 19.8 Å². The maximum absolute atomic E-state index is 13.0. The van der Waals surface area contributed by atoms with E-state index in [1.54, 1.807) is 6.92 Å². The zero-order chi connectivity index (χ0) is 20.3. The second-order valence-corrected chi connectivity index (χ2v) is 8.45. The number of aromatic nitrogens is 2. The molecule has 0 aliphatic carbocycles. The number of likely N-dealkylation sites (tertiary alicyclic amines) is 1. The first-order valence-corrected chi connectivity index (χ1v) is 10.8. The maximum atomic E-state index is 13.0. The Balaban J connectivity index is 1.84. The Kier molecular flexibility index (Phi) is 6.49. The number of rotatable bonds is 6. The van der Waals surface area contributed by atoms with Gasteiger partial charge in [-0.25, -0.2) is 4.98 Å². The summed E-state index contributed by atoms with van der Waals surface area (Å²) in [7, 11) is 0. The highest BCUT2D eigenvalue weighted by Crippen LogP contribution is 2.26. The van der Waals surface area contributed by atoms with Crippen molar-refractivity contribution in [2.45, 2.75) is 65.5 Å². The van der Waals surface area contributed by atoms with Crippen LogP contribution >= 0.6 is 11.3 Å². The fraction of sp³-hybridized carbons (Fsp3) is 0.600. The van der Waals surface area contributed by atoms with Gasteiger partial charge in [0.25, 0.3) is 11.5 Å². The summed E-state index contributed by atoms with van der Waals surface area (Å²) in [6, 6.07) is 0.204. The molecular formula is C20H28N4O3S. The molecule has 1 aliphatic rings. The van der Waals surface area contributed by atoms with Gasteiger partial charge in [-0.2, -0.15) is 0 Å². The molecule has 1 N–H and O–H groups in total. The van der Waals surface area contributed by atoms with Crippen LogP contribution in [0.2, 0.25) is 0 Å². The number of hydrogen-bond acceptors (Lipinski definition) is 5. The van der Waals surface area contributed by atoms with Crippen LogP contribution in [-0.2, 0) is 11.3 Å². The van der Waals surface area contributed by atoms with Crippen molar-refractivity contribution < 1.29 is 9.59 Å². The van der Waals surface area contributed by atoms with Crippen molar-refractivity contribution >= 4 is 33.4 Å². The standard InChI is InChI=1S/C20H28N4O3S/c1-4-5-9-21-18(26)17-14(3)16-19(28-17)22-12-23(20(16)27)11-15(25)24-10-7-6-8-13(24)2/h12-13H,4-11H2,1-3H3,(H,21,26)/t13-/m0/s1. The molecule has 1 aliphatic heterocycles. The Morgan fingerprint density at radius 1 is 1.36 bits per heavy atom. The van der Waals surface area contributed by atoms with Gasteiger partial charge in [0.2, 0.25) is 5.91 Å². The molecule has 0 unspecified atom stereocenters. The largest absolute Gasteiger partial charge is 0.351 e. The first-order valence-electron chi connectivity index (χ1n) is 10.00. The summed E-state index contributed by atoms with van der Waals surface area (Å²) in [4.78, 5) is 45.4. The zero-order valence-corrected chi connectivity index (χ0v) is 17.6. The molecule has 3 heterocycles. The van der Waals surface area contributed by atoms with E-state index in [9.17, 15) is 14.4 Å². The summed E-state index contributed by atoms with van der Waals surface area (Å²) >= 11 is 1.23. The van der Waals surface area contributed by atoms with Crippen LogP contribution in [0.4, 0.5) is 0 Å². The molecule has 7 nitrogen and oxygen atoms in total. The third kappa shape index (κ3) is 4.11. The molecule has 1 fully saturated rings. The van der Waals surface area contributed by atoms with Crippen molar-refractivity contribution in [3.63, 3.8) is 0 Å². The lowest BCUT2D eigenvalue weighted by atomic mass is 10.0. The molecule has 1 atom stereocenters. The van der Waals surface area contributed by atoms with Gasteiger partial charge >= 0.3 is 0 Å². The van der Waals surface area contributed by atoms with Gasteiger partial charge in [-0.3, -0.25) is 19.0 Å². The van der Waals surface area contributed by atoms with Gasteiger partial charge in [0.05, 0.1) is 16.6 Å². The molecule has 2 aromatic rings. The van der Waals surface area contributed by atoms with Gasteiger partial charge < -0.3 is 10.2 Å². The highest BCUT2D eigenvalue weighted by molar-refractivity contribution is 7.20. The molecule has 0 bridgehead atoms. The normalized spacial score (nSPS) is 17.1. The fourth-order valence-corrected chi connectivity index (χ4v) is 4.71. The molecule has 3 rings (SSSR count). The number of hydrogen-bond donors (Lipinski definition) is 1. The summed E-state index contributed by atoms with van der Waals surface area (Å²) < 4.78 is 1.37. The quantitative estimate of drug-likeness (QED) is 0.750. The third-order valence-corrected chi connectivity index (χ3v) is 6.57. The average Bonchev–Trinajstić information content (AvgIpc) is 3.02. The Labute approximate surface area is 168 Å². The van der Waals surface area contributed by atoms with E-state index in [2.05, 4.69) is 17.2 Å². The fourth-order valence-electron chi connectivity index (χ4n) is 3.65. The first-order chi connectivity index (χ1) is 13.4. The lowest BCUT2D eigenvalue weighted by molar-refractivity contribution is -0.135. The van der Waals surface area contributed by atoms with Gasteiger partial charge in [-0.05, 0) is 45.1 Å². The van der Waals surface area contributed by atoms with E-state index in [1.807, 2.05) is 11.8 Å². The van der Waals surface area contributed by atoms with Crippen molar-refractivity contribution in [2.75, 3.05) is 13.1 Å². The van der Waals surface area contributed by atoms with E-state index in [0.29, 0.717) is 27.2 Å². The van der Waals surface area contributed by atoms with Crippen molar-refractivity contribution in [3.8, 4) is 0 Å². The number of nitrogens with zero attached hydrogens (tertiary/aromatic N) is 3. The van der Waals surface area contributed by atoms with Crippen LogP contribution in [0.1, 0.15) is 61.2 Å². The molecule has 0 saturated carbocycles. The second-order valence-electron chi connectivity index (χ2n) is 7.46. The van der Waals surface area contributed by atoms with Crippen LogP contribution in [0.25, 0.3) is 10.2 Å². The summed E-state index contributed by atoms with van der Waals surface area (Å²) in [5.74, 6) is -0.223. The Morgan fingerprint density at radius 3 is 2.86 bits per heavy atom. The van der Waals surface area contributed by atoms with E-state index in [0.717, 1.165) is 38.6 Å². The number of piperidine rings is 1. The molecule has 0 aromatic carbocycles. The first kappa shape index (κ1) is 20.5. The predicted molar refractivity (Wildman–Crippen MR) is 111 cm³/mol. The van der Waals surface area contributed by atoms with Crippen molar-refractivity contribution in [3.05, 3.63) is 27.1 Å². The van der Waals surface area contributed by atoms with Gasteiger partial charge in [0, 0.05) is 19.1 Å². The third-order valence-electron chi connectivity index (χ3n) is 5.37. The molecular weight excluding hydrogens is 376 g/mol. The highest BCUT2D eigenvalue weighted by Gasteiger charge is 2.24. The topological polar surface area (TPSA) is 84.3 Å². The lowest BCUT2D eigenvalue weighted by Gasteiger charge is -2.33. The minimum absolute atomic E-state index is 0.0145. The molecule has 2 amide bonds. The predicted octanol–water partition coefficient (Wildman–Crippen LogP) is 2.70. The Morgan fingerprint density at radius 2 is 2.14 bits per heavy atom. The number of nitrogens with one attached hydrogen (secondary N) is 1. The van der Waals surface area contributed by atoms with Gasteiger partial charge in [0.15, 0.2) is 0 Å². The van der Waals surface area contributed by atoms with Gasteiger partial charge in [-0.1, -0.05) is 13.3 Å². The number of aryl methyl sites for hydroxylation is 1. The van der Waals surface area contributed by atoms with Gasteiger partial charge in [-0.15, -0.1) is 11.3 Å². The SMILES string of the molecule is CCCCNC(=O)c1sc2ncn(CC(=O)N3CCCC[C@@H]3C)c(=O)c2c1C. The van der Waals surface area contributed by atoms with E-state index in [4.69, 9.17) is 0 Å². The summed E-state index contributed by atoms with van der Waals surface area (Å²) in [5.41, 5.74) is 0.379. The van der Waals surface area contributed by atoms with Gasteiger partial charge in [0.1, 0.15) is 11.4 Å². The molecule has 2 aromatic heterocycles. The number of fused-ring (bicyclic) bond motifs is 1. The Bertz CT molecular complexity index is 933. The van der Waals surface area contributed by atoms with Crippen LogP contribution in [0.3, 0.4) is 0 Å². The number of carbonyl (C=O) groups is 2.